The number of Topliss-reactive ketones (excluding diaryl/α,β-unsaturated/α-hetero) is 1. The van der Waals surface area contributed by atoms with Crippen LogP contribution >= 0.6 is 0 Å². The Balaban J connectivity index is 0.783. The summed E-state index contributed by atoms with van der Waals surface area (Å²) in [5.74, 6) is -8.35. The molecular formula is C74H87N9O18. The molecule has 27 heteroatoms. The monoisotopic (exact) mass is 1390 g/mol. The van der Waals surface area contributed by atoms with E-state index in [2.05, 4.69) is 25.1 Å². The summed E-state index contributed by atoms with van der Waals surface area (Å²) in [5.41, 5.74) is -6.81. The van der Waals surface area contributed by atoms with Crippen LogP contribution in [0.4, 0.5) is 17.6 Å². The van der Waals surface area contributed by atoms with Gasteiger partial charge in [0.1, 0.15) is 53.4 Å². The minimum absolute atomic E-state index is 0.0479. The number of phenols is 2. The van der Waals surface area contributed by atoms with E-state index in [-0.39, 0.29) is 84.5 Å². The van der Waals surface area contributed by atoms with Crippen LogP contribution in [0.2, 0.25) is 0 Å². The Morgan fingerprint density at radius 1 is 0.792 bits per heavy atom. The molecule has 6 aliphatic rings. The zero-order valence-corrected chi connectivity index (χ0v) is 58.2. The zero-order valence-electron chi connectivity index (χ0n) is 58.2. The molecule has 2 bridgehead atoms. The van der Waals surface area contributed by atoms with Crippen molar-refractivity contribution in [3.05, 3.63) is 142 Å². The summed E-state index contributed by atoms with van der Waals surface area (Å²) in [6, 6.07) is 26.6. The predicted octanol–water partition coefficient (Wildman–Crippen LogP) is 6.56. The molecule has 6 N–H and O–H groups in total. The molecule has 6 aromatic rings. The molecule has 3 aliphatic carbocycles. The summed E-state index contributed by atoms with van der Waals surface area (Å²) in [7, 11) is 0. The lowest BCUT2D eigenvalue weighted by Crippen LogP contribution is -2.81. The predicted molar refractivity (Wildman–Crippen MR) is 365 cm³/mol. The third-order valence-corrected chi connectivity index (χ3v) is 21.4. The highest BCUT2D eigenvalue weighted by Crippen LogP contribution is 2.64. The molecule has 11 atom stereocenters. The fraction of sp³-hybridized carbons (Fsp3) is 0.500. The first kappa shape index (κ1) is 71.3. The smallest absolute Gasteiger partial charge is 0.348 e. The maximum absolute atomic E-state index is 15.7. The first-order valence-corrected chi connectivity index (χ1v) is 34.2. The van der Waals surface area contributed by atoms with Crippen molar-refractivity contribution in [1.82, 2.24) is 29.7 Å². The number of aliphatic hydroxyl groups is 3. The number of anilines is 3. The number of piperazine rings is 1. The van der Waals surface area contributed by atoms with Crippen LogP contribution in [0.15, 0.2) is 119 Å². The van der Waals surface area contributed by atoms with Gasteiger partial charge in [-0.25, -0.2) is 34.0 Å². The van der Waals surface area contributed by atoms with E-state index in [9.17, 15) is 49.5 Å². The van der Waals surface area contributed by atoms with Gasteiger partial charge in [0.25, 0.3) is 0 Å². The second kappa shape index (κ2) is 27.4. The summed E-state index contributed by atoms with van der Waals surface area (Å²) in [6.45, 7) is 18.6. The molecule has 3 saturated heterocycles. The number of carbonyl (C=O) groups excluding carboxylic acids is 6. The van der Waals surface area contributed by atoms with Gasteiger partial charge in [-0.15, -0.1) is 0 Å². The van der Waals surface area contributed by atoms with Crippen LogP contribution in [-0.2, 0) is 52.4 Å². The summed E-state index contributed by atoms with van der Waals surface area (Å²) >= 11 is 0. The molecule has 3 aliphatic heterocycles. The van der Waals surface area contributed by atoms with Gasteiger partial charge in [-0.2, -0.15) is 10.1 Å². The van der Waals surface area contributed by atoms with E-state index >= 15 is 9.59 Å². The molecule has 2 saturated carbocycles. The van der Waals surface area contributed by atoms with Crippen molar-refractivity contribution in [2.45, 2.75) is 167 Å². The van der Waals surface area contributed by atoms with E-state index in [0.29, 0.717) is 54.9 Å². The molecule has 0 amide bonds. The Kier molecular flexibility index (Phi) is 19.3. The van der Waals surface area contributed by atoms with E-state index < -0.39 is 136 Å². The third kappa shape index (κ3) is 13.2. The van der Waals surface area contributed by atoms with Crippen molar-refractivity contribution in [2.24, 2.45) is 22.7 Å². The Morgan fingerprint density at radius 3 is 2.01 bits per heavy atom. The van der Waals surface area contributed by atoms with E-state index in [1.807, 2.05) is 35.8 Å². The molecular weight excluding hydrogens is 1300 g/mol. The Labute approximate surface area is 583 Å². The number of aromatic amines is 1. The average molecular weight is 1390 g/mol. The summed E-state index contributed by atoms with van der Waals surface area (Å²) in [6.07, 6.45) is -9.52. The minimum Gasteiger partial charge on any atom is -0.508 e. The number of nitrogens with one attached hydrogen (secondary N) is 1. The standard InChI is InChI=1S/C74H87N9O18/c1-40(2)48-33-50(52(86)35-51(48)85)63-78-79-69(94)83(63)47-23-21-46(22-24-47)80-29-31-82(32-30-80)68-76-39-75-67(77-68)81-27-25-45(26-28-81)64(91)98-59(49(43-17-13-11-14-18-43)34-56(88)101-70(5,6)7)66(93)97-53-37-74(95)62(99-65(92)44-19-15-12-16-20-44)60-72(10,61(90)58(89)57(41(53)3)71(74,8)9)54(87)36-55-73(60,38-96-55)100-42(4)84/h11-24,33,35,39-40,45,49,53-55,58-60,62,85-87,89,95H,25-32,34,36-38H2,1-10H3,(H,79,94)/t49-,53-,54-,55+,58+,59+,60-,62-,72+,73-,74+/m0/s1. The molecule has 5 fully saturated rings. The molecule has 536 valence electrons. The fourth-order valence-corrected chi connectivity index (χ4v) is 16.0. The number of benzene rings is 4. The number of piperidine rings is 1. The van der Waals surface area contributed by atoms with E-state index in [1.165, 1.54) is 42.9 Å². The number of nitrogens with zero attached hydrogens (tertiary/aromatic N) is 8. The molecule has 0 spiro atoms. The van der Waals surface area contributed by atoms with Gasteiger partial charge < -0.3 is 68.7 Å². The molecule has 2 aromatic heterocycles. The normalized spacial score (nSPS) is 26.4. The van der Waals surface area contributed by atoms with Crippen molar-refractivity contribution in [1.29, 1.82) is 0 Å². The summed E-state index contributed by atoms with van der Waals surface area (Å²) in [4.78, 5) is 121. The number of aromatic nitrogens is 6. The van der Waals surface area contributed by atoms with Gasteiger partial charge in [-0.05, 0) is 118 Å². The number of aromatic hydroxyl groups is 2. The van der Waals surface area contributed by atoms with E-state index in [1.54, 1.807) is 101 Å². The number of ketones is 1. The second-order valence-electron chi connectivity index (χ2n) is 29.4. The van der Waals surface area contributed by atoms with Crippen LogP contribution in [0, 0.1) is 22.7 Å². The van der Waals surface area contributed by atoms with E-state index in [4.69, 9.17) is 33.4 Å². The number of carbonyl (C=O) groups is 6. The van der Waals surface area contributed by atoms with Gasteiger partial charge in [0.05, 0.1) is 53.2 Å². The number of aliphatic hydroxyl groups excluding tert-OH is 2. The quantitative estimate of drug-likeness (QED) is 0.0319. The van der Waals surface area contributed by atoms with Crippen LogP contribution < -0.4 is 20.4 Å². The molecule has 5 heterocycles. The summed E-state index contributed by atoms with van der Waals surface area (Å²) in [5, 5.41) is 66.9. The molecule has 0 unspecified atom stereocenters. The SMILES string of the molecule is CC(=O)O[C@@]12CO[C@@H]1C[C@H](O)[C@@]1(C)C(=O)[C@H](O)C3=C(C)[C@@H](OC(=O)[C@H](OC(=O)C4CCN(c5ncnc(N6CCN(c7ccc(-n8c(-c9cc(C(C)C)c(O)cc9O)n[nH]c8=O)cc7)CC6)n5)CC4)[C@@H](CC(=O)OC(C)(C)C)c4ccccc4)C[C@@](O)([C@@H](OC(=O)c4ccccc4)[C@H]21)C3(C)C. The molecule has 4 aromatic carbocycles. The van der Waals surface area contributed by atoms with E-state index in [0.717, 1.165) is 12.6 Å². The minimum atomic E-state index is -2.46. The Bertz CT molecular complexity index is 4240. The highest BCUT2D eigenvalue weighted by atomic mass is 16.6. The van der Waals surface area contributed by atoms with Gasteiger partial charge in [0.2, 0.25) is 18.0 Å². The number of ether oxygens (including phenoxy) is 6. The van der Waals surface area contributed by atoms with Crippen LogP contribution in [0.25, 0.3) is 17.1 Å². The summed E-state index contributed by atoms with van der Waals surface area (Å²) < 4.78 is 38.7. The number of H-pyrrole nitrogens is 1. The van der Waals surface area contributed by atoms with Crippen LogP contribution in [-0.4, -0.2) is 190 Å². The van der Waals surface area contributed by atoms with Crippen LogP contribution in [0.3, 0.4) is 0 Å². The van der Waals surface area contributed by atoms with Crippen LogP contribution in [0.1, 0.15) is 135 Å². The second-order valence-corrected chi connectivity index (χ2v) is 29.4. The lowest BCUT2D eigenvalue weighted by atomic mass is 9.44. The van der Waals surface area contributed by atoms with Crippen molar-refractivity contribution in [3.63, 3.8) is 0 Å². The molecule has 0 radical (unpaired) electrons. The first-order valence-electron chi connectivity index (χ1n) is 34.2. The lowest BCUT2D eigenvalue weighted by molar-refractivity contribution is -0.346. The number of esters is 5. The number of hydrogen-bond acceptors (Lipinski definition) is 25. The maximum atomic E-state index is 15.7. The van der Waals surface area contributed by atoms with Gasteiger partial charge in [-0.3, -0.25) is 19.2 Å². The van der Waals surface area contributed by atoms with Gasteiger partial charge in [0.15, 0.2) is 17.2 Å². The number of fused-ring (bicyclic) bond motifs is 5. The van der Waals surface area contributed by atoms with Crippen molar-refractivity contribution in [2.75, 3.05) is 60.6 Å². The molecule has 27 nitrogen and oxygen atoms in total. The lowest BCUT2D eigenvalue weighted by Gasteiger charge is -2.67. The van der Waals surface area contributed by atoms with Gasteiger partial charge in [-0.1, -0.05) is 76.2 Å². The van der Waals surface area contributed by atoms with Gasteiger partial charge >= 0.3 is 35.5 Å². The van der Waals surface area contributed by atoms with Crippen molar-refractivity contribution in [3.8, 4) is 28.6 Å². The third-order valence-electron chi connectivity index (χ3n) is 21.4. The molecule has 12 rings (SSSR count). The Hall–Kier alpha value is -9.57. The fourth-order valence-electron chi connectivity index (χ4n) is 16.0. The zero-order chi connectivity index (χ0) is 72.4. The number of hydrogen-bond donors (Lipinski definition) is 6. The average Bonchev–Trinajstić information content (AvgIpc) is 0.793. The largest absolute Gasteiger partial charge is 0.508 e. The molecule has 101 heavy (non-hydrogen) atoms. The van der Waals surface area contributed by atoms with Crippen molar-refractivity contribution >= 4 is 53.2 Å². The Morgan fingerprint density at radius 2 is 1.41 bits per heavy atom. The number of phenolic OH excluding ortho intramolecular Hbond substituents is 2. The highest BCUT2D eigenvalue weighted by molar-refractivity contribution is 5.94. The first-order chi connectivity index (χ1) is 47.8. The maximum Gasteiger partial charge on any atom is 0.348 e. The number of rotatable bonds is 17. The van der Waals surface area contributed by atoms with Crippen LogP contribution in [0.5, 0.6) is 11.5 Å². The topological polar surface area (TPSA) is 358 Å². The van der Waals surface area contributed by atoms with Gasteiger partial charge in [0, 0.05) is 82.1 Å². The van der Waals surface area contributed by atoms with Crippen molar-refractivity contribution < 1.29 is 82.7 Å². The highest BCUT2D eigenvalue weighted by Gasteiger charge is 2.78.